The zero-order valence-corrected chi connectivity index (χ0v) is 19.3. The molecule has 0 aliphatic carbocycles. The van der Waals surface area contributed by atoms with Gasteiger partial charge in [0.25, 0.3) is 5.91 Å². The van der Waals surface area contributed by atoms with E-state index in [-0.39, 0.29) is 6.42 Å². The smallest absolute Gasteiger partial charge is 0.418 e. The van der Waals surface area contributed by atoms with Crippen LogP contribution in [-0.2, 0) is 26.9 Å². The second-order valence-corrected chi connectivity index (χ2v) is 7.91. The van der Waals surface area contributed by atoms with Crippen molar-refractivity contribution in [1.29, 1.82) is 0 Å². The lowest BCUT2D eigenvalue weighted by Gasteiger charge is -2.16. The van der Waals surface area contributed by atoms with Crippen LogP contribution in [0.4, 0.5) is 18.9 Å². The number of halogens is 3. The summed E-state index contributed by atoms with van der Waals surface area (Å²) in [6.07, 6.45) is -6.15. The lowest BCUT2D eigenvalue weighted by atomic mass is 10.1. The molecule has 180 valence electrons. The number of para-hydroxylation sites is 1. The van der Waals surface area contributed by atoms with Crippen molar-refractivity contribution < 1.29 is 37.0 Å². The third-order valence-electron chi connectivity index (χ3n) is 4.68. The van der Waals surface area contributed by atoms with E-state index in [1.807, 2.05) is 0 Å². The predicted molar refractivity (Wildman–Crippen MR) is 120 cm³/mol. The van der Waals surface area contributed by atoms with Gasteiger partial charge in [0.15, 0.2) is 17.6 Å². The number of thiazole rings is 1. The van der Waals surface area contributed by atoms with Crippen LogP contribution in [-0.4, -0.2) is 37.2 Å². The van der Waals surface area contributed by atoms with Crippen molar-refractivity contribution in [3.8, 4) is 22.1 Å². The minimum absolute atomic E-state index is 0.208. The Balaban J connectivity index is 1.61. The number of alkyl halides is 3. The summed E-state index contributed by atoms with van der Waals surface area (Å²) in [5, 5.41) is 4.48. The number of aromatic nitrogens is 1. The predicted octanol–water partition coefficient (Wildman–Crippen LogP) is 4.96. The number of carbonyl (C=O) groups is 2. The number of nitrogens with zero attached hydrogens (tertiary/aromatic N) is 1. The van der Waals surface area contributed by atoms with Crippen LogP contribution in [0.3, 0.4) is 0 Å². The van der Waals surface area contributed by atoms with Crippen LogP contribution in [0.2, 0.25) is 0 Å². The first-order valence-corrected chi connectivity index (χ1v) is 10.8. The zero-order valence-electron chi connectivity index (χ0n) is 18.4. The van der Waals surface area contributed by atoms with E-state index in [9.17, 15) is 22.8 Å². The summed E-state index contributed by atoms with van der Waals surface area (Å²) in [6.45, 7) is 1.28. The number of rotatable bonds is 8. The number of anilines is 1. The van der Waals surface area contributed by atoms with Gasteiger partial charge in [0, 0.05) is 10.9 Å². The molecule has 3 aromatic rings. The standard InChI is InChI=1S/C23H21F3N2O5S/c1-13(21(30)28-17-7-5-4-6-16(17)23(24,25)26)33-20(29)11-15-12-34-22(27-15)14-8-9-18(31-2)19(10-14)32-3/h4-10,12-13H,11H2,1-3H3,(H,28,30). The quantitative estimate of drug-likeness (QED) is 0.446. The van der Waals surface area contributed by atoms with Gasteiger partial charge in [-0.2, -0.15) is 13.2 Å². The van der Waals surface area contributed by atoms with Crippen molar-refractivity contribution in [2.45, 2.75) is 25.6 Å². The molecule has 3 rings (SSSR count). The van der Waals surface area contributed by atoms with Crippen LogP contribution >= 0.6 is 11.3 Å². The molecule has 2 aromatic carbocycles. The molecule has 11 heteroatoms. The molecule has 0 fully saturated rings. The van der Waals surface area contributed by atoms with Crippen LogP contribution in [0.1, 0.15) is 18.2 Å². The van der Waals surface area contributed by atoms with Gasteiger partial charge in [-0.3, -0.25) is 9.59 Å². The minimum atomic E-state index is -4.64. The van der Waals surface area contributed by atoms with E-state index in [2.05, 4.69) is 10.3 Å². The SMILES string of the molecule is COc1ccc(-c2nc(CC(=O)OC(C)C(=O)Nc3ccccc3C(F)(F)F)cs2)cc1OC. The Hall–Kier alpha value is -3.60. The molecule has 34 heavy (non-hydrogen) atoms. The number of ether oxygens (including phenoxy) is 3. The van der Waals surface area contributed by atoms with Gasteiger partial charge >= 0.3 is 12.1 Å². The van der Waals surface area contributed by atoms with Gasteiger partial charge in [0.05, 0.1) is 37.6 Å². The largest absolute Gasteiger partial charge is 0.493 e. The first-order valence-electron chi connectivity index (χ1n) is 9.95. The number of nitrogens with one attached hydrogen (secondary N) is 1. The number of carbonyl (C=O) groups excluding carboxylic acids is 2. The molecule has 1 heterocycles. The number of methoxy groups -OCH3 is 2. The Bertz CT molecular complexity index is 1180. The van der Waals surface area contributed by atoms with Crippen LogP contribution in [0.15, 0.2) is 47.8 Å². The van der Waals surface area contributed by atoms with Gasteiger partial charge < -0.3 is 19.5 Å². The maximum absolute atomic E-state index is 13.1. The molecule has 1 amide bonds. The minimum Gasteiger partial charge on any atom is -0.493 e. The Kier molecular flexibility index (Phi) is 7.77. The third kappa shape index (κ3) is 6.04. The van der Waals surface area contributed by atoms with Gasteiger partial charge in [0.1, 0.15) is 5.01 Å². The van der Waals surface area contributed by atoms with Gasteiger partial charge in [-0.1, -0.05) is 12.1 Å². The zero-order chi connectivity index (χ0) is 24.9. The van der Waals surface area contributed by atoms with Crippen molar-refractivity contribution in [2.75, 3.05) is 19.5 Å². The molecule has 0 saturated heterocycles. The summed E-state index contributed by atoms with van der Waals surface area (Å²) < 4.78 is 54.9. The Morgan fingerprint density at radius 3 is 2.47 bits per heavy atom. The molecule has 7 nitrogen and oxygen atoms in total. The summed E-state index contributed by atoms with van der Waals surface area (Å²) in [6, 6.07) is 9.84. The first-order chi connectivity index (χ1) is 16.1. The third-order valence-corrected chi connectivity index (χ3v) is 5.62. The Labute approximate surface area is 197 Å². The normalized spacial score (nSPS) is 12.1. The van der Waals surface area contributed by atoms with Crippen molar-refractivity contribution in [3.63, 3.8) is 0 Å². The van der Waals surface area contributed by atoms with Gasteiger partial charge in [0.2, 0.25) is 0 Å². The molecule has 1 unspecified atom stereocenters. The lowest BCUT2D eigenvalue weighted by Crippen LogP contribution is -2.31. The lowest BCUT2D eigenvalue weighted by molar-refractivity contribution is -0.152. The number of hydrogen-bond acceptors (Lipinski definition) is 7. The Morgan fingerprint density at radius 2 is 1.79 bits per heavy atom. The highest BCUT2D eigenvalue weighted by Gasteiger charge is 2.34. The van der Waals surface area contributed by atoms with Crippen molar-refractivity contribution in [2.24, 2.45) is 0 Å². The highest BCUT2D eigenvalue weighted by molar-refractivity contribution is 7.13. The van der Waals surface area contributed by atoms with Crippen molar-refractivity contribution in [1.82, 2.24) is 4.98 Å². The molecule has 0 saturated carbocycles. The maximum Gasteiger partial charge on any atom is 0.418 e. The topological polar surface area (TPSA) is 86.8 Å². The van der Waals surface area contributed by atoms with Crippen LogP contribution < -0.4 is 14.8 Å². The Morgan fingerprint density at radius 1 is 1.09 bits per heavy atom. The summed E-state index contributed by atoms with van der Waals surface area (Å²) in [5.41, 5.74) is -0.220. The monoisotopic (exact) mass is 494 g/mol. The van der Waals surface area contributed by atoms with Gasteiger partial charge in [-0.25, -0.2) is 4.98 Å². The van der Waals surface area contributed by atoms with E-state index in [4.69, 9.17) is 14.2 Å². The molecule has 0 bridgehead atoms. The highest BCUT2D eigenvalue weighted by atomic mass is 32.1. The summed E-state index contributed by atoms with van der Waals surface area (Å²) >= 11 is 1.31. The van der Waals surface area contributed by atoms with E-state index in [1.54, 1.807) is 23.6 Å². The van der Waals surface area contributed by atoms with E-state index in [0.717, 1.165) is 17.7 Å². The molecule has 0 aliphatic rings. The van der Waals surface area contributed by atoms with Crippen LogP contribution in [0, 0.1) is 0 Å². The molecular weight excluding hydrogens is 473 g/mol. The number of amides is 1. The molecule has 0 aliphatic heterocycles. The number of benzene rings is 2. The molecular formula is C23H21F3N2O5S. The van der Waals surface area contributed by atoms with E-state index in [0.29, 0.717) is 22.2 Å². The van der Waals surface area contributed by atoms with Crippen molar-refractivity contribution in [3.05, 3.63) is 59.1 Å². The molecule has 1 N–H and O–H groups in total. The number of esters is 1. The summed E-state index contributed by atoms with van der Waals surface area (Å²) in [4.78, 5) is 29.0. The molecule has 0 spiro atoms. The van der Waals surface area contributed by atoms with E-state index >= 15 is 0 Å². The van der Waals surface area contributed by atoms with Gasteiger partial charge in [-0.05, 0) is 37.3 Å². The summed E-state index contributed by atoms with van der Waals surface area (Å²) in [7, 11) is 3.05. The molecule has 1 aromatic heterocycles. The second kappa shape index (κ2) is 10.6. The van der Waals surface area contributed by atoms with E-state index in [1.165, 1.54) is 44.6 Å². The average Bonchev–Trinajstić information content (AvgIpc) is 3.26. The fourth-order valence-electron chi connectivity index (χ4n) is 3.00. The maximum atomic E-state index is 13.1. The second-order valence-electron chi connectivity index (χ2n) is 7.06. The van der Waals surface area contributed by atoms with Crippen molar-refractivity contribution >= 4 is 28.9 Å². The average molecular weight is 494 g/mol. The first kappa shape index (κ1) is 25.0. The fraction of sp³-hybridized carbons (Fsp3) is 0.261. The fourth-order valence-corrected chi connectivity index (χ4v) is 3.82. The van der Waals surface area contributed by atoms with E-state index < -0.39 is 35.4 Å². The molecule has 1 atom stereocenters. The summed E-state index contributed by atoms with van der Waals surface area (Å²) in [5.74, 6) is -0.523. The van der Waals surface area contributed by atoms with Crippen LogP contribution in [0.25, 0.3) is 10.6 Å². The highest BCUT2D eigenvalue weighted by Crippen LogP contribution is 2.35. The van der Waals surface area contributed by atoms with Gasteiger partial charge in [-0.15, -0.1) is 11.3 Å². The number of hydrogen-bond donors (Lipinski definition) is 1. The van der Waals surface area contributed by atoms with Crippen LogP contribution in [0.5, 0.6) is 11.5 Å². The molecule has 0 radical (unpaired) electrons.